The van der Waals surface area contributed by atoms with Crippen LogP contribution in [0.15, 0.2) is 47.1 Å². The van der Waals surface area contributed by atoms with Crippen LogP contribution in [0.3, 0.4) is 0 Å². The lowest BCUT2D eigenvalue weighted by Gasteiger charge is -2.24. The van der Waals surface area contributed by atoms with Crippen molar-refractivity contribution in [2.24, 2.45) is 0 Å². The second kappa shape index (κ2) is 5.43. The number of nitrogens with zero attached hydrogens (tertiary/aromatic N) is 2. The number of benzene rings is 1. The van der Waals surface area contributed by atoms with Gasteiger partial charge in [-0.3, -0.25) is 0 Å². The largest absolute Gasteiger partial charge is 0.496 e. The van der Waals surface area contributed by atoms with Gasteiger partial charge < -0.3 is 9.14 Å². The zero-order valence-electron chi connectivity index (χ0n) is 12.4. The molecule has 22 heavy (non-hydrogen) atoms. The highest BCUT2D eigenvalue weighted by molar-refractivity contribution is 9.10. The molecule has 0 saturated heterocycles. The highest BCUT2D eigenvalue weighted by atomic mass is 79.9. The first-order chi connectivity index (χ1) is 10.8. The van der Waals surface area contributed by atoms with E-state index in [9.17, 15) is 0 Å². The number of aromatic nitrogens is 2. The monoisotopic (exact) mass is 356 g/mol. The molecule has 2 aromatic heterocycles. The number of imidazole rings is 1. The molecule has 1 aromatic carbocycles. The van der Waals surface area contributed by atoms with Crippen LogP contribution >= 0.6 is 15.9 Å². The summed E-state index contributed by atoms with van der Waals surface area (Å²) < 4.78 is 8.89. The van der Waals surface area contributed by atoms with Crippen LogP contribution in [0.2, 0.25) is 0 Å². The van der Waals surface area contributed by atoms with E-state index in [1.807, 2.05) is 18.2 Å². The Morgan fingerprint density at radius 2 is 2.09 bits per heavy atom. The Morgan fingerprint density at radius 1 is 1.23 bits per heavy atom. The van der Waals surface area contributed by atoms with Gasteiger partial charge in [-0.15, -0.1) is 0 Å². The number of pyridine rings is 1. The molecular weight excluding hydrogens is 340 g/mol. The number of methoxy groups -OCH3 is 1. The molecule has 1 aliphatic carbocycles. The Morgan fingerprint density at radius 3 is 2.95 bits per heavy atom. The molecule has 0 amide bonds. The molecule has 3 nitrogen and oxygen atoms in total. The van der Waals surface area contributed by atoms with Gasteiger partial charge in [0.25, 0.3) is 0 Å². The Balaban J connectivity index is 1.95. The van der Waals surface area contributed by atoms with E-state index in [2.05, 4.69) is 44.7 Å². The van der Waals surface area contributed by atoms with Gasteiger partial charge in [0.2, 0.25) is 0 Å². The van der Waals surface area contributed by atoms with Gasteiger partial charge in [0, 0.05) is 22.2 Å². The summed E-state index contributed by atoms with van der Waals surface area (Å²) in [6.07, 6.45) is 5.48. The first-order valence-electron chi connectivity index (χ1n) is 7.57. The minimum absolute atomic E-state index is 0.337. The van der Waals surface area contributed by atoms with E-state index in [0.29, 0.717) is 5.92 Å². The van der Waals surface area contributed by atoms with Crippen molar-refractivity contribution in [1.29, 1.82) is 0 Å². The summed E-state index contributed by atoms with van der Waals surface area (Å²) in [6.45, 7) is 0. The topological polar surface area (TPSA) is 26.5 Å². The van der Waals surface area contributed by atoms with E-state index in [1.54, 1.807) is 7.11 Å². The molecule has 1 atom stereocenters. The normalized spacial score (nSPS) is 17.5. The first kappa shape index (κ1) is 13.8. The lowest BCUT2D eigenvalue weighted by Crippen LogP contribution is -2.13. The van der Waals surface area contributed by atoms with Crippen LogP contribution in [0, 0.1) is 0 Å². The van der Waals surface area contributed by atoms with E-state index in [-0.39, 0.29) is 0 Å². The molecule has 0 fully saturated rings. The van der Waals surface area contributed by atoms with Crippen molar-refractivity contribution < 1.29 is 4.74 Å². The summed E-state index contributed by atoms with van der Waals surface area (Å²) in [5, 5.41) is 0. The summed E-state index contributed by atoms with van der Waals surface area (Å²) in [6, 6.07) is 12.5. The lowest BCUT2D eigenvalue weighted by atomic mass is 9.84. The number of aryl methyl sites for hydroxylation is 1. The molecule has 4 rings (SSSR count). The molecule has 0 aliphatic heterocycles. The van der Waals surface area contributed by atoms with Gasteiger partial charge in [-0.1, -0.05) is 18.2 Å². The summed E-state index contributed by atoms with van der Waals surface area (Å²) in [5.41, 5.74) is 4.81. The van der Waals surface area contributed by atoms with Crippen LogP contribution in [-0.4, -0.2) is 16.5 Å². The van der Waals surface area contributed by atoms with Crippen LogP contribution in [0.5, 0.6) is 5.75 Å². The van der Waals surface area contributed by atoms with Crippen LogP contribution < -0.4 is 4.74 Å². The summed E-state index contributed by atoms with van der Waals surface area (Å²) in [4.78, 5) is 4.83. The zero-order valence-corrected chi connectivity index (χ0v) is 14.0. The number of hydrogen-bond acceptors (Lipinski definition) is 2. The zero-order chi connectivity index (χ0) is 15.1. The van der Waals surface area contributed by atoms with E-state index >= 15 is 0 Å². The van der Waals surface area contributed by atoms with Crippen molar-refractivity contribution in [3.05, 3.63) is 64.0 Å². The molecule has 0 bridgehead atoms. The Labute approximate surface area is 138 Å². The number of ether oxygens (including phenoxy) is 1. The molecule has 3 aromatic rings. The van der Waals surface area contributed by atoms with Crippen molar-refractivity contribution in [2.75, 3.05) is 7.11 Å². The van der Waals surface area contributed by atoms with E-state index in [0.717, 1.165) is 28.7 Å². The predicted molar refractivity (Wildman–Crippen MR) is 90.7 cm³/mol. The lowest BCUT2D eigenvalue weighted by molar-refractivity contribution is 0.404. The molecule has 1 unspecified atom stereocenters. The maximum absolute atomic E-state index is 5.59. The molecule has 0 radical (unpaired) electrons. The molecule has 112 valence electrons. The molecule has 4 heteroatoms. The third-order valence-corrected chi connectivity index (χ3v) is 4.92. The van der Waals surface area contributed by atoms with Gasteiger partial charge in [0.15, 0.2) is 0 Å². The maximum Gasteiger partial charge on any atom is 0.137 e. The average Bonchev–Trinajstić information content (AvgIpc) is 2.92. The standard InChI is InChI=1S/C18H17BrN2O/c1-22-16-8-3-2-5-13(16)14-6-4-7-15-18(14)21-11-12(19)9-10-17(21)20-15/h2-3,5,8-11,14H,4,6-7H2,1H3. The highest BCUT2D eigenvalue weighted by Crippen LogP contribution is 2.40. The molecule has 1 aliphatic rings. The third kappa shape index (κ3) is 2.13. The minimum atomic E-state index is 0.337. The van der Waals surface area contributed by atoms with Gasteiger partial charge in [0.1, 0.15) is 11.4 Å². The van der Waals surface area contributed by atoms with Crippen molar-refractivity contribution in [1.82, 2.24) is 9.38 Å². The fourth-order valence-electron chi connectivity index (χ4n) is 3.51. The number of para-hydroxylation sites is 1. The second-order valence-electron chi connectivity index (χ2n) is 5.71. The number of hydrogen-bond donors (Lipinski definition) is 0. The SMILES string of the molecule is COc1ccccc1C1CCCc2nc3ccc(Br)cn3c21. The predicted octanol–water partition coefficient (Wildman–Crippen LogP) is 4.57. The molecule has 0 saturated carbocycles. The molecule has 2 heterocycles. The van der Waals surface area contributed by atoms with Crippen molar-refractivity contribution in [3.8, 4) is 5.75 Å². The van der Waals surface area contributed by atoms with Gasteiger partial charge in [-0.25, -0.2) is 4.98 Å². The van der Waals surface area contributed by atoms with Gasteiger partial charge >= 0.3 is 0 Å². The Hall–Kier alpha value is -1.81. The summed E-state index contributed by atoms with van der Waals surface area (Å²) >= 11 is 3.58. The van der Waals surface area contributed by atoms with E-state index < -0.39 is 0 Å². The second-order valence-corrected chi connectivity index (χ2v) is 6.62. The van der Waals surface area contributed by atoms with Crippen molar-refractivity contribution in [3.63, 3.8) is 0 Å². The molecule has 0 spiro atoms. The molecular formula is C18H17BrN2O. The van der Waals surface area contributed by atoms with Crippen LogP contribution in [0.25, 0.3) is 5.65 Å². The van der Waals surface area contributed by atoms with Crippen molar-refractivity contribution >= 4 is 21.6 Å². The third-order valence-electron chi connectivity index (χ3n) is 4.45. The number of rotatable bonds is 2. The quantitative estimate of drug-likeness (QED) is 0.672. The fraction of sp³-hybridized carbons (Fsp3) is 0.278. The van der Waals surface area contributed by atoms with Gasteiger partial charge in [-0.2, -0.15) is 0 Å². The summed E-state index contributed by atoms with van der Waals surface area (Å²) in [7, 11) is 1.74. The Bertz CT molecular complexity index is 840. The van der Waals surface area contributed by atoms with Crippen LogP contribution in [0.4, 0.5) is 0 Å². The smallest absolute Gasteiger partial charge is 0.137 e. The highest BCUT2D eigenvalue weighted by Gasteiger charge is 2.28. The Kier molecular flexibility index (Phi) is 3.41. The minimum Gasteiger partial charge on any atom is -0.496 e. The maximum atomic E-state index is 5.59. The van der Waals surface area contributed by atoms with E-state index in [1.165, 1.54) is 23.4 Å². The van der Waals surface area contributed by atoms with Gasteiger partial charge in [0.05, 0.1) is 18.5 Å². The van der Waals surface area contributed by atoms with E-state index in [4.69, 9.17) is 9.72 Å². The summed E-state index contributed by atoms with van der Waals surface area (Å²) in [5.74, 6) is 1.30. The number of halogens is 1. The molecule has 0 N–H and O–H groups in total. The fourth-order valence-corrected chi connectivity index (χ4v) is 3.84. The van der Waals surface area contributed by atoms with Crippen LogP contribution in [-0.2, 0) is 6.42 Å². The average molecular weight is 357 g/mol. The van der Waals surface area contributed by atoms with Gasteiger partial charge in [-0.05, 0) is 53.4 Å². The first-order valence-corrected chi connectivity index (χ1v) is 8.36. The van der Waals surface area contributed by atoms with Crippen LogP contribution in [0.1, 0.15) is 35.7 Å². The van der Waals surface area contributed by atoms with Crippen molar-refractivity contribution in [2.45, 2.75) is 25.2 Å². The number of fused-ring (bicyclic) bond motifs is 3.